The first-order valence-electron chi connectivity index (χ1n) is 6.62. The van der Waals surface area contributed by atoms with Gasteiger partial charge in [0.2, 0.25) is 5.91 Å². The molecule has 0 saturated carbocycles. The van der Waals surface area contributed by atoms with E-state index in [4.69, 9.17) is 4.74 Å². The van der Waals surface area contributed by atoms with Gasteiger partial charge in [-0.25, -0.2) is 4.98 Å². The highest BCUT2D eigenvalue weighted by molar-refractivity contribution is 7.09. The van der Waals surface area contributed by atoms with Crippen LogP contribution in [-0.2, 0) is 17.6 Å². The summed E-state index contributed by atoms with van der Waals surface area (Å²) in [5.41, 5.74) is 3.82. The van der Waals surface area contributed by atoms with Crippen LogP contribution < -0.4 is 10.1 Å². The van der Waals surface area contributed by atoms with Crippen LogP contribution in [0.25, 0.3) is 0 Å². The van der Waals surface area contributed by atoms with Crippen LogP contribution >= 0.6 is 11.3 Å². The fourth-order valence-corrected chi connectivity index (χ4v) is 3.36. The lowest BCUT2D eigenvalue weighted by Crippen LogP contribution is -2.27. The van der Waals surface area contributed by atoms with Gasteiger partial charge in [0.05, 0.1) is 18.3 Å². The molecule has 20 heavy (non-hydrogen) atoms. The van der Waals surface area contributed by atoms with Crippen molar-refractivity contribution < 1.29 is 9.53 Å². The third-order valence-corrected chi connectivity index (χ3v) is 4.49. The van der Waals surface area contributed by atoms with Crippen molar-refractivity contribution in [3.05, 3.63) is 40.3 Å². The number of carbonyl (C=O) groups is 1. The molecule has 0 bridgehead atoms. The van der Waals surface area contributed by atoms with Gasteiger partial charge in [0.25, 0.3) is 0 Å². The van der Waals surface area contributed by atoms with Crippen molar-refractivity contribution in [2.45, 2.75) is 19.3 Å². The van der Waals surface area contributed by atoms with E-state index in [0.29, 0.717) is 0 Å². The minimum atomic E-state index is 0.0363. The van der Waals surface area contributed by atoms with Crippen LogP contribution in [-0.4, -0.2) is 18.0 Å². The number of methoxy groups -OCH3 is 1. The Morgan fingerprint density at radius 2 is 2.40 bits per heavy atom. The van der Waals surface area contributed by atoms with Crippen LogP contribution in [0.4, 0.5) is 5.69 Å². The molecule has 0 fully saturated rings. The predicted octanol–water partition coefficient (Wildman–Crippen LogP) is 2.90. The number of hydrogen-bond donors (Lipinski definition) is 1. The molecule has 0 spiro atoms. The van der Waals surface area contributed by atoms with E-state index in [0.717, 1.165) is 30.7 Å². The lowest BCUT2D eigenvalue weighted by atomic mass is 9.90. The second-order valence-electron chi connectivity index (χ2n) is 4.88. The van der Waals surface area contributed by atoms with E-state index in [2.05, 4.69) is 10.3 Å². The SMILES string of the molecule is COc1cccc(NC(=O)C2CCc3ncsc3C2)c1. The van der Waals surface area contributed by atoms with E-state index in [1.807, 2.05) is 29.8 Å². The van der Waals surface area contributed by atoms with Gasteiger partial charge in [-0.1, -0.05) is 6.07 Å². The molecule has 1 aromatic carbocycles. The number of fused-ring (bicyclic) bond motifs is 1. The summed E-state index contributed by atoms with van der Waals surface area (Å²) in [5.74, 6) is 0.864. The van der Waals surface area contributed by atoms with Crippen molar-refractivity contribution in [2.24, 2.45) is 5.92 Å². The molecule has 1 atom stereocenters. The quantitative estimate of drug-likeness (QED) is 0.945. The Morgan fingerprint density at radius 1 is 1.50 bits per heavy atom. The second kappa shape index (κ2) is 5.63. The van der Waals surface area contributed by atoms with Gasteiger partial charge in [-0.2, -0.15) is 0 Å². The Balaban J connectivity index is 1.68. The minimum absolute atomic E-state index is 0.0363. The number of nitrogens with one attached hydrogen (secondary N) is 1. The van der Waals surface area contributed by atoms with Crippen LogP contribution in [0.5, 0.6) is 5.75 Å². The zero-order valence-electron chi connectivity index (χ0n) is 11.3. The predicted molar refractivity (Wildman–Crippen MR) is 79.3 cm³/mol. The van der Waals surface area contributed by atoms with Gasteiger partial charge < -0.3 is 10.1 Å². The molecule has 1 N–H and O–H groups in total. The molecule has 0 radical (unpaired) electrons. The maximum absolute atomic E-state index is 12.3. The topological polar surface area (TPSA) is 51.2 Å². The van der Waals surface area contributed by atoms with Crippen LogP contribution in [0.1, 0.15) is 17.0 Å². The fourth-order valence-electron chi connectivity index (χ4n) is 2.47. The zero-order valence-corrected chi connectivity index (χ0v) is 12.1. The second-order valence-corrected chi connectivity index (χ2v) is 5.82. The maximum atomic E-state index is 12.3. The van der Waals surface area contributed by atoms with Gasteiger partial charge in [-0.15, -0.1) is 11.3 Å². The van der Waals surface area contributed by atoms with Crippen LogP contribution in [0, 0.1) is 5.92 Å². The van der Waals surface area contributed by atoms with Crippen molar-refractivity contribution in [2.75, 3.05) is 12.4 Å². The summed E-state index contributed by atoms with van der Waals surface area (Å²) >= 11 is 1.65. The summed E-state index contributed by atoms with van der Waals surface area (Å²) in [7, 11) is 1.62. The number of aromatic nitrogens is 1. The van der Waals surface area contributed by atoms with E-state index in [1.54, 1.807) is 18.4 Å². The molecule has 5 heteroatoms. The average molecular weight is 288 g/mol. The summed E-state index contributed by atoms with van der Waals surface area (Å²) in [6.45, 7) is 0. The van der Waals surface area contributed by atoms with Crippen molar-refractivity contribution >= 4 is 22.9 Å². The summed E-state index contributed by atoms with van der Waals surface area (Å²) < 4.78 is 5.16. The number of aryl methyl sites for hydroxylation is 1. The molecule has 1 aromatic heterocycles. The van der Waals surface area contributed by atoms with Crippen LogP contribution in [0.15, 0.2) is 29.8 Å². The highest BCUT2D eigenvalue weighted by Gasteiger charge is 2.26. The Kier molecular flexibility index (Phi) is 3.69. The number of amides is 1. The normalized spacial score (nSPS) is 17.4. The number of thiazole rings is 1. The number of benzene rings is 1. The van der Waals surface area contributed by atoms with Gasteiger partial charge in [0.1, 0.15) is 5.75 Å². The van der Waals surface area contributed by atoms with E-state index in [-0.39, 0.29) is 11.8 Å². The Morgan fingerprint density at radius 3 is 3.25 bits per heavy atom. The Hall–Kier alpha value is -1.88. The number of ether oxygens (including phenoxy) is 1. The van der Waals surface area contributed by atoms with E-state index < -0.39 is 0 Å². The van der Waals surface area contributed by atoms with Crippen molar-refractivity contribution in [3.63, 3.8) is 0 Å². The molecule has 104 valence electrons. The lowest BCUT2D eigenvalue weighted by molar-refractivity contribution is -0.120. The van der Waals surface area contributed by atoms with E-state index >= 15 is 0 Å². The largest absolute Gasteiger partial charge is 0.497 e. The van der Waals surface area contributed by atoms with Gasteiger partial charge >= 0.3 is 0 Å². The molecule has 2 aromatic rings. The molecule has 1 aliphatic carbocycles. The number of carbonyl (C=O) groups excluding carboxylic acids is 1. The molecular formula is C15H16N2O2S. The van der Waals surface area contributed by atoms with E-state index in [9.17, 15) is 4.79 Å². The smallest absolute Gasteiger partial charge is 0.227 e. The number of rotatable bonds is 3. The van der Waals surface area contributed by atoms with Crippen LogP contribution in [0.3, 0.4) is 0 Å². The highest BCUT2D eigenvalue weighted by Crippen LogP contribution is 2.28. The Labute approximate surface area is 121 Å². The molecule has 0 saturated heterocycles. The average Bonchev–Trinajstić information content (AvgIpc) is 2.94. The number of hydrogen-bond acceptors (Lipinski definition) is 4. The zero-order chi connectivity index (χ0) is 13.9. The summed E-state index contributed by atoms with van der Waals surface area (Å²) in [5, 5.41) is 2.97. The fraction of sp³-hybridized carbons (Fsp3) is 0.333. The van der Waals surface area contributed by atoms with Gasteiger partial charge in [0.15, 0.2) is 0 Å². The van der Waals surface area contributed by atoms with Gasteiger partial charge in [0, 0.05) is 22.5 Å². The Bertz CT molecular complexity index is 624. The molecule has 1 aliphatic rings. The number of nitrogens with zero attached hydrogens (tertiary/aromatic N) is 1. The monoisotopic (exact) mass is 288 g/mol. The summed E-state index contributed by atoms with van der Waals surface area (Å²) in [4.78, 5) is 17.9. The molecular weight excluding hydrogens is 272 g/mol. The highest BCUT2D eigenvalue weighted by atomic mass is 32.1. The first kappa shape index (κ1) is 13.1. The first-order chi connectivity index (χ1) is 9.76. The molecule has 0 aliphatic heterocycles. The lowest BCUT2D eigenvalue weighted by Gasteiger charge is -2.20. The molecule has 1 heterocycles. The third-order valence-electron chi connectivity index (χ3n) is 3.59. The standard InChI is InChI=1S/C15H16N2O2S/c1-19-12-4-2-3-11(8-12)17-15(18)10-5-6-13-14(7-10)20-9-16-13/h2-4,8-10H,5-7H2,1H3,(H,17,18). The summed E-state index contributed by atoms with van der Waals surface area (Å²) in [6.07, 6.45) is 2.57. The third kappa shape index (κ3) is 2.67. The number of anilines is 1. The van der Waals surface area contributed by atoms with Gasteiger partial charge in [-0.05, 0) is 31.4 Å². The molecule has 1 amide bonds. The van der Waals surface area contributed by atoms with E-state index in [1.165, 1.54) is 10.6 Å². The molecule has 1 unspecified atom stereocenters. The first-order valence-corrected chi connectivity index (χ1v) is 7.50. The molecule has 4 nitrogen and oxygen atoms in total. The maximum Gasteiger partial charge on any atom is 0.227 e. The van der Waals surface area contributed by atoms with Crippen molar-refractivity contribution in [3.8, 4) is 5.75 Å². The van der Waals surface area contributed by atoms with Crippen LogP contribution in [0.2, 0.25) is 0 Å². The van der Waals surface area contributed by atoms with Crippen molar-refractivity contribution in [1.82, 2.24) is 4.98 Å². The summed E-state index contributed by atoms with van der Waals surface area (Å²) in [6, 6.07) is 7.44. The minimum Gasteiger partial charge on any atom is -0.497 e. The van der Waals surface area contributed by atoms with Gasteiger partial charge in [-0.3, -0.25) is 4.79 Å². The van der Waals surface area contributed by atoms with Crippen molar-refractivity contribution in [1.29, 1.82) is 0 Å². The molecule has 3 rings (SSSR count).